The lowest BCUT2D eigenvalue weighted by Crippen LogP contribution is -2.61. The zero-order chi connectivity index (χ0) is 62.8. The normalized spacial score (nSPS) is 15.1. The number of halogens is 14. The number of piperazine rings is 2. The maximum Gasteiger partial charge on any atom is 0.490 e. The molecule has 0 radical (unpaired) electrons. The highest BCUT2D eigenvalue weighted by Crippen LogP contribution is 2.35. The van der Waals surface area contributed by atoms with Crippen molar-refractivity contribution in [2.45, 2.75) is 75.9 Å². The van der Waals surface area contributed by atoms with Gasteiger partial charge >= 0.3 is 48.6 Å². The molecule has 2 aliphatic heterocycles. The molecule has 0 saturated carbocycles. The third kappa shape index (κ3) is 24.1. The number of aryl methyl sites for hydroxylation is 2. The number of ether oxygens (including phenoxy) is 1. The Morgan fingerprint density at radius 1 is 0.716 bits per heavy atom. The van der Waals surface area contributed by atoms with Crippen LogP contribution in [-0.4, -0.2) is 197 Å². The van der Waals surface area contributed by atoms with Crippen LogP contribution in [0.15, 0.2) is 46.3 Å². The number of aliphatic imine (C=N–C) groups is 1. The molecule has 1 atom stereocenters. The van der Waals surface area contributed by atoms with Crippen LogP contribution in [0.3, 0.4) is 0 Å². The number of nitrogens with zero attached hydrogens (tertiary/aromatic N) is 6. The summed E-state index contributed by atoms with van der Waals surface area (Å²) in [4.78, 5) is 78.8. The molecular weight excluding hydrogens is 1190 g/mol. The van der Waals surface area contributed by atoms with Crippen molar-refractivity contribution >= 4 is 85.8 Å². The van der Waals surface area contributed by atoms with Crippen LogP contribution in [0.5, 0.6) is 5.75 Å². The SMILES string of the molecule is CC[C@@](C)(NS(=O)(=O)c1ccc(Cl)c(COc2cccc3c(C)cc(C)nc23)c1Cl)C(=O)N1CCN(C(=O)CN2CCN(CCN=C(N)N)CC2)CC1.O=C(O)C(F)(F)F.O=C(O)C(F)(F)F.O=C(O)C(F)(F)F.O=C(O)C(F)(F)F. The van der Waals surface area contributed by atoms with E-state index >= 15 is 0 Å². The molecule has 0 unspecified atom stereocenters. The van der Waals surface area contributed by atoms with Crippen LogP contribution in [0.2, 0.25) is 10.0 Å². The second-order valence-electron chi connectivity index (χ2n) is 17.0. The number of carbonyl (C=O) groups is 6. The fourth-order valence-corrected chi connectivity index (χ4v) is 8.97. The molecule has 2 fully saturated rings. The van der Waals surface area contributed by atoms with Crippen molar-refractivity contribution in [3.05, 3.63) is 63.3 Å². The van der Waals surface area contributed by atoms with Gasteiger partial charge in [-0.05, 0) is 57.0 Å². The average Bonchev–Trinajstić information content (AvgIpc) is 3.33. The molecule has 2 amide bonds. The first-order valence-corrected chi connectivity index (χ1v) is 24.9. The molecule has 3 heterocycles. The number of nitrogens with one attached hydrogen (secondary N) is 1. The van der Waals surface area contributed by atoms with Crippen molar-refractivity contribution in [2.75, 3.05) is 72.0 Å². The number of hydrogen-bond acceptors (Lipinski definition) is 13. The minimum atomic E-state index is -5.08. The first-order chi connectivity index (χ1) is 36.9. The number of carboxylic acid groups (broad SMARTS) is 4. The molecule has 37 heteroatoms. The van der Waals surface area contributed by atoms with Crippen molar-refractivity contribution in [1.29, 1.82) is 0 Å². The number of benzene rings is 2. The van der Waals surface area contributed by atoms with Gasteiger partial charge in [-0.15, -0.1) is 0 Å². The molecule has 2 aromatic carbocycles. The van der Waals surface area contributed by atoms with Gasteiger partial charge in [-0.2, -0.15) is 57.4 Å². The summed E-state index contributed by atoms with van der Waals surface area (Å²) in [7, 11) is -4.31. The lowest BCUT2D eigenvalue weighted by molar-refractivity contribution is -0.193. The van der Waals surface area contributed by atoms with E-state index in [2.05, 4.69) is 24.5 Å². The van der Waals surface area contributed by atoms with Crippen LogP contribution in [0.25, 0.3) is 10.9 Å². The summed E-state index contributed by atoms with van der Waals surface area (Å²) in [6.07, 6.45) is -20.2. The number of aromatic nitrogens is 1. The lowest BCUT2D eigenvalue weighted by Gasteiger charge is -2.40. The van der Waals surface area contributed by atoms with Crippen LogP contribution in [0, 0.1) is 13.8 Å². The number of sulfonamides is 1. The Morgan fingerprint density at radius 2 is 1.16 bits per heavy atom. The van der Waals surface area contributed by atoms with Gasteiger partial charge < -0.3 is 46.4 Å². The molecular formula is C44H53Cl2F12N9O13S. The zero-order valence-corrected chi connectivity index (χ0v) is 45.0. The van der Waals surface area contributed by atoms with Crippen LogP contribution < -0.4 is 20.9 Å². The van der Waals surface area contributed by atoms with Gasteiger partial charge in [0.2, 0.25) is 21.8 Å². The Morgan fingerprint density at radius 3 is 1.59 bits per heavy atom. The molecule has 2 aliphatic rings. The van der Waals surface area contributed by atoms with E-state index in [1.165, 1.54) is 12.1 Å². The first-order valence-electron chi connectivity index (χ1n) is 22.7. The first kappa shape index (κ1) is 72.3. The number of pyridine rings is 1. The van der Waals surface area contributed by atoms with Gasteiger partial charge in [-0.3, -0.25) is 24.4 Å². The number of carbonyl (C=O) groups excluding carboxylic acids is 2. The minimum Gasteiger partial charge on any atom is -0.487 e. The van der Waals surface area contributed by atoms with Crippen LogP contribution in [0.1, 0.15) is 37.1 Å². The molecule has 1 aromatic heterocycles. The van der Waals surface area contributed by atoms with Crippen molar-refractivity contribution in [3.8, 4) is 5.75 Å². The molecule has 0 spiro atoms. The van der Waals surface area contributed by atoms with E-state index in [9.17, 15) is 70.7 Å². The van der Waals surface area contributed by atoms with E-state index in [0.29, 0.717) is 37.4 Å². The number of guanidine groups is 1. The molecule has 456 valence electrons. The number of aliphatic carboxylic acids is 4. The molecule has 9 N–H and O–H groups in total. The molecule has 2 saturated heterocycles. The van der Waals surface area contributed by atoms with Crippen LogP contribution >= 0.6 is 23.2 Å². The van der Waals surface area contributed by atoms with Crippen molar-refractivity contribution in [3.63, 3.8) is 0 Å². The predicted octanol–water partition coefficient (Wildman–Crippen LogP) is 5.28. The summed E-state index contributed by atoms with van der Waals surface area (Å²) in [6, 6.07) is 10.4. The van der Waals surface area contributed by atoms with Crippen molar-refractivity contribution < 1.29 is 115 Å². The number of fused-ring (bicyclic) bond motifs is 1. The van der Waals surface area contributed by atoms with Gasteiger partial charge in [0.15, 0.2) is 5.96 Å². The van der Waals surface area contributed by atoms with Gasteiger partial charge in [0, 0.05) is 80.6 Å². The smallest absolute Gasteiger partial charge is 0.487 e. The van der Waals surface area contributed by atoms with Gasteiger partial charge in [0.25, 0.3) is 0 Å². The van der Waals surface area contributed by atoms with Gasteiger partial charge in [0.05, 0.1) is 18.1 Å². The molecule has 3 aromatic rings. The third-order valence-corrected chi connectivity index (χ3v) is 13.4. The highest BCUT2D eigenvalue weighted by Gasteiger charge is 2.43. The Labute approximate surface area is 462 Å². The highest BCUT2D eigenvalue weighted by molar-refractivity contribution is 7.89. The summed E-state index contributed by atoms with van der Waals surface area (Å²) >= 11 is 13.3. The van der Waals surface area contributed by atoms with Crippen LogP contribution in [0.4, 0.5) is 52.7 Å². The fourth-order valence-electron chi connectivity index (χ4n) is 6.65. The van der Waals surface area contributed by atoms with E-state index < -0.39 is 64.1 Å². The predicted molar refractivity (Wildman–Crippen MR) is 263 cm³/mol. The van der Waals surface area contributed by atoms with Gasteiger partial charge in [-0.1, -0.05) is 42.3 Å². The van der Waals surface area contributed by atoms with E-state index in [0.717, 1.165) is 49.4 Å². The Hall–Kier alpha value is -6.69. The fraction of sp³-hybridized carbons (Fsp3) is 0.500. The maximum absolute atomic E-state index is 13.9. The van der Waals surface area contributed by atoms with E-state index in [1.807, 2.05) is 32.0 Å². The Kier molecular flexibility index (Phi) is 27.1. The number of carboxylic acids is 4. The van der Waals surface area contributed by atoms with Crippen molar-refractivity contribution in [2.24, 2.45) is 16.5 Å². The topological polar surface area (TPSA) is 329 Å². The average molecular weight is 1250 g/mol. The third-order valence-electron chi connectivity index (χ3n) is 10.9. The summed E-state index contributed by atoms with van der Waals surface area (Å²) < 4.78 is 163. The molecule has 81 heavy (non-hydrogen) atoms. The molecule has 0 bridgehead atoms. The largest absolute Gasteiger partial charge is 0.490 e. The van der Waals surface area contributed by atoms with Gasteiger partial charge in [0.1, 0.15) is 28.3 Å². The number of nitrogens with two attached hydrogens (primary N) is 2. The highest BCUT2D eigenvalue weighted by atomic mass is 35.5. The van der Waals surface area contributed by atoms with Crippen LogP contribution in [-0.2, 0) is 45.4 Å². The number of alkyl halides is 12. The zero-order valence-electron chi connectivity index (χ0n) is 42.7. The quantitative estimate of drug-likeness (QED) is 0.0650. The standard InChI is InChI=1S/C36H49Cl2N9O5S.4C2HF3O2/c1-5-36(4,34(49)47-19-17-46(18-20-47)31(48)22-45-15-13-44(14-16-45)12-11-41-35(39)40)43-53(50,51)30-10-9-28(37)27(32(30)38)23-52-29-8-6-7-26-24(2)21-25(3)42-33(26)29;4*3-2(4,5)1(6)7/h6-10,21,43H,5,11-20,22-23H2,1-4H3,(H4,39,40,41);4*(H,6,7)/t36-;;;;/m1..../s1. The summed E-state index contributed by atoms with van der Waals surface area (Å²) in [5.41, 5.74) is 12.2. The number of para-hydroxylation sites is 1. The maximum atomic E-state index is 13.9. The van der Waals surface area contributed by atoms with E-state index in [1.54, 1.807) is 29.7 Å². The summed E-state index contributed by atoms with van der Waals surface area (Å²) in [6.45, 7) is 13.1. The van der Waals surface area contributed by atoms with Gasteiger partial charge in [-0.25, -0.2) is 32.6 Å². The van der Waals surface area contributed by atoms with E-state index in [4.69, 9.17) is 79.0 Å². The Balaban J connectivity index is 0.000000956. The number of rotatable bonds is 13. The molecule has 22 nitrogen and oxygen atoms in total. The minimum absolute atomic E-state index is 0.00381. The van der Waals surface area contributed by atoms with E-state index in [-0.39, 0.29) is 64.4 Å². The van der Waals surface area contributed by atoms with Crippen molar-refractivity contribution in [1.82, 2.24) is 29.3 Å². The monoisotopic (exact) mass is 1250 g/mol. The summed E-state index contributed by atoms with van der Waals surface area (Å²) in [5.74, 6) is -10.8. The Bertz CT molecular complexity index is 2730. The second kappa shape index (κ2) is 30.4. The number of hydrogen-bond donors (Lipinski definition) is 7. The molecule has 5 rings (SSSR count). The lowest BCUT2D eigenvalue weighted by atomic mass is 9.98. The summed E-state index contributed by atoms with van der Waals surface area (Å²) in [5, 5.41) is 29.6. The molecule has 0 aliphatic carbocycles. The second-order valence-corrected chi connectivity index (χ2v) is 19.4. The number of amides is 2.